The molecule has 3 rings (SSSR count). The van der Waals surface area contributed by atoms with Gasteiger partial charge in [0, 0.05) is 6.54 Å². The van der Waals surface area contributed by atoms with Crippen LogP contribution < -0.4 is 10.1 Å². The molecule has 1 unspecified atom stereocenters. The van der Waals surface area contributed by atoms with Crippen molar-refractivity contribution >= 4 is 0 Å². The summed E-state index contributed by atoms with van der Waals surface area (Å²) in [5, 5.41) is 3.41. The average molecular weight is 259 g/mol. The second-order valence-electron chi connectivity index (χ2n) is 7.25. The van der Waals surface area contributed by atoms with E-state index >= 15 is 0 Å². The Morgan fingerprint density at radius 2 is 1.95 bits per heavy atom. The second-order valence-corrected chi connectivity index (χ2v) is 7.25. The van der Waals surface area contributed by atoms with Crippen LogP contribution in [0.4, 0.5) is 0 Å². The molecule has 2 aliphatic rings. The molecule has 1 aromatic carbocycles. The van der Waals surface area contributed by atoms with E-state index < -0.39 is 0 Å². The molecule has 0 spiro atoms. The summed E-state index contributed by atoms with van der Waals surface area (Å²) in [5.41, 5.74) is 3.32. The van der Waals surface area contributed by atoms with Gasteiger partial charge in [0.25, 0.3) is 0 Å². The Kier molecular flexibility index (Phi) is 3.09. The third kappa shape index (κ3) is 2.79. The maximum Gasteiger partial charge on any atom is 0.120 e. The summed E-state index contributed by atoms with van der Waals surface area (Å²) in [6, 6.07) is 6.62. The van der Waals surface area contributed by atoms with Gasteiger partial charge in [-0.2, -0.15) is 0 Å². The maximum absolute atomic E-state index is 6.34. The van der Waals surface area contributed by atoms with E-state index in [2.05, 4.69) is 44.3 Å². The van der Waals surface area contributed by atoms with Gasteiger partial charge in [0.15, 0.2) is 0 Å². The first-order valence-corrected chi connectivity index (χ1v) is 7.47. The van der Waals surface area contributed by atoms with Gasteiger partial charge in [0.2, 0.25) is 0 Å². The van der Waals surface area contributed by atoms with Crippen LogP contribution in [-0.2, 0) is 13.0 Å². The number of fused-ring (bicyclic) bond motifs is 1. The van der Waals surface area contributed by atoms with Gasteiger partial charge in [-0.25, -0.2) is 0 Å². The van der Waals surface area contributed by atoms with E-state index in [1.165, 1.54) is 24.0 Å². The monoisotopic (exact) mass is 259 g/mol. The van der Waals surface area contributed by atoms with Crippen molar-refractivity contribution < 1.29 is 4.74 Å². The molecule has 0 radical (unpaired) electrons. The van der Waals surface area contributed by atoms with Crippen LogP contribution >= 0.6 is 0 Å². The molecular formula is C17H25NO. The van der Waals surface area contributed by atoms with Crippen LogP contribution in [0.15, 0.2) is 18.2 Å². The number of rotatable bonds is 2. The van der Waals surface area contributed by atoms with Crippen LogP contribution in [0, 0.1) is 5.41 Å². The maximum atomic E-state index is 6.34. The highest BCUT2D eigenvalue weighted by atomic mass is 16.5. The van der Waals surface area contributed by atoms with Crippen molar-refractivity contribution in [3.63, 3.8) is 0 Å². The normalized spacial score (nSPS) is 29.0. The molecule has 19 heavy (non-hydrogen) atoms. The predicted molar refractivity (Wildman–Crippen MR) is 78.5 cm³/mol. The molecule has 0 saturated heterocycles. The van der Waals surface area contributed by atoms with E-state index in [4.69, 9.17) is 4.74 Å². The molecule has 1 aromatic rings. The molecule has 0 amide bonds. The lowest BCUT2D eigenvalue weighted by Gasteiger charge is -2.29. The minimum Gasteiger partial charge on any atom is -0.488 e. The van der Waals surface area contributed by atoms with Gasteiger partial charge in [-0.15, -0.1) is 0 Å². The smallest absolute Gasteiger partial charge is 0.120 e. The lowest BCUT2D eigenvalue weighted by atomic mass is 9.90. The zero-order chi connectivity index (χ0) is 13.5. The zero-order valence-corrected chi connectivity index (χ0v) is 12.4. The summed E-state index contributed by atoms with van der Waals surface area (Å²) in [6.07, 6.45) is 4.70. The predicted octanol–water partition coefficient (Wildman–Crippen LogP) is 3.68. The van der Waals surface area contributed by atoms with Crippen molar-refractivity contribution in [2.45, 2.75) is 58.6 Å². The summed E-state index contributed by atoms with van der Waals surface area (Å²) in [4.78, 5) is 0. The summed E-state index contributed by atoms with van der Waals surface area (Å²) < 4.78 is 6.34. The minimum atomic E-state index is 0.0185. The molecule has 0 bridgehead atoms. The largest absolute Gasteiger partial charge is 0.488 e. The Morgan fingerprint density at radius 3 is 2.68 bits per heavy atom. The first-order chi connectivity index (χ1) is 8.96. The van der Waals surface area contributed by atoms with Crippen molar-refractivity contribution in [2.24, 2.45) is 5.41 Å². The molecule has 2 nitrogen and oxygen atoms in total. The fourth-order valence-electron chi connectivity index (χ4n) is 3.68. The summed E-state index contributed by atoms with van der Waals surface area (Å²) in [6.45, 7) is 9.05. The molecule has 2 heteroatoms. The fourth-order valence-corrected chi connectivity index (χ4v) is 3.68. The van der Waals surface area contributed by atoms with E-state index in [9.17, 15) is 0 Å². The SMILES string of the molecule is CC1(C)CCC(C)(Oc2ccc3c(c2)CCNC3)C1. The fraction of sp³-hybridized carbons (Fsp3) is 0.647. The van der Waals surface area contributed by atoms with Gasteiger partial charge < -0.3 is 10.1 Å². The van der Waals surface area contributed by atoms with Gasteiger partial charge >= 0.3 is 0 Å². The number of nitrogens with one attached hydrogen (secondary N) is 1. The number of benzene rings is 1. The molecule has 104 valence electrons. The van der Waals surface area contributed by atoms with Crippen molar-refractivity contribution in [1.29, 1.82) is 0 Å². The molecule has 1 fully saturated rings. The van der Waals surface area contributed by atoms with Gasteiger partial charge in [-0.1, -0.05) is 19.9 Å². The summed E-state index contributed by atoms with van der Waals surface area (Å²) >= 11 is 0. The molecule has 1 aliphatic heterocycles. The van der Waals surface area contributed by atoms with Gasteiger partial charge in [0.1, 0.15) is 11.4 Å². The Bertz CT molecular complexity index is 480. The van der Waals surface area contributed by atoms with Crippen LogP contribution in [0.2, 0.25) is 0 Å². The number of ether oxygens (including phenoxy) is 1. The van der Waals surface area contributed by atoms with Crippen LogP contribution in [0.1, 0.15) is 51.2 Å². The van der Waals surface area contributed by atoms with Crippen LogP contribution in [0.3, 0.4) is 0 Å². The van der Waals surface area contributed by atoms with Crippen molar-refractivity contribution in [1.82, 2.24) is 5.32 Å². The van der Waals surface area contributed by atoms with Gasteiger partial charge in [0.05, 0.1) is 0 Å². The first kappa shape index (κ1) is 13.0. The van der Waals surface area contributed by atoms with Crippen LogP contribution in [0.5, 0.6) is 5.75 Å². The van der Waals surface area contributed by atoms with E-state index in [1.54, 1.807) is 0 Å². The Hall–Kier alpha value is -1.02. The first-order valence-electron chi connectivity index (χ1n) is 7.47. The summed E-state index contributed by atoms with van der Waals surface area (Å²) in [7, 11) is 0. The molecule has 1 heterocycles. The van der Waals surface area contributed by atoms with Crippen molar-refractivity contribution in [2.75, 3.05) is 6.54 Å². The number of hydrogen-bond donors (Lipinski definition) is 1. The highest BCUT2D eigenvalue weighted by molar-refractivity contribution is 5.37. The van der Waals surface area contributed by atoms with Gasteiger partial charge in [-0.3, -0.25) is 0 Å². The third-order valence-corrected chi connectivity index (χ3v) is 4.61. The van der Waals surface area contributed by atoms with E-state index in [1.807, 2.05) is 0 Å². The Balaban J connectivity index is 1.77. The third-order valence-electron chi connectivity index (χ3n) is 4.61. The zero-order valence-electron chi connectivity index (χ0n) is 12.4. The van der Waals surface area contributed by atoms with Crippen LogP contribution in [0.25, 0.3) is 0 Å². The lowest BCUT2D eigenvalue weighted by Crippen LogP contribution is -2.30. The van der Waals surface area contributed by atoms with Crippen molar-refractivity contribution in [3.8, 4) is 5.75 Å². The lowest BCUT2D eigenvalue weighted by molar-refractivity contribution is 0.0846. The average Bonchev–Trinajstić information content (AvgIpc) is 2.63. The standard InChI is InChI=1S/C17H25NO/c1-16(2)7-8-17(3,12-16)19-15-5-4-14-11-18-9-6-13(14)10-15/h4-5,10,18H,6-9,11-12H2,1-3H3. The number of hydrogen-bond acceptors (Lipinski definition) is 2. The topological polar surface area (TPSA) is 21.3 Å². The van der Waals surface area contributed by atoms with E-state index in [0.717, 1.165) is 31.7 Å². The minimum absolute atomic E-state index is 0.0185. The van der Waals surface area contributed by atoms with Crippen LogP contribution in [-0.4, -0.2) is 12.1 Å². The van der Waals surface area contributed by atoms with Crippen molar-refractivity contribution in [3.05, 3.63) is 29.3 Å². The summed E-state index contributed by atoms with van der Waals surface area (Å²) in [5.74, 6) is 1.06. The highest BCUT2D eigenvalue weighted by Gasteiger charge is 2.41. The van der Waals surface area contributed by atoms with Gasteiger partial charge in [-0.05, 0) is 67.8 Å². The molecular weight excluding hydrogens is 234 g/mol. The van der Waals surface area contributed by atoms with E-state index in [0.29, 0.717) is 5.41 Å². The second kappa shape index (κ2) is 4.52. The molecule has 1 saturated carbocycles. The Morgan fingerprint density at radius 1 is 1.11 bits per heavy atom. The van der Waals surface area contributed by atoms with E-state index in [-0.39, 0.29) is 5.60 Å². The Labute approximate surface area is 116 Å². The highest BCUT2D eigenvalue weighted by Crippen LogP contribution is 2.45. The molecule has 1 aliphatic carbocycles. The molecule has 1 atom stereocenters. The molecule has 0 aromatic heterocycles. The molecule has 1 N–H and O–H groups in total. The quantitative estimate of drug-likeness (QED) is 0.875.